The number of nitrogens with zero attached hydrogens (tertiary/aromatic N) is 2. The van der Waals surface area contributed by atoms with Gasteiger partial charge in [-0.05, 0) is 44.9 Å². The Balaban J connectivity index is 0.0000144. The Bertz CT molecular complexity index is 575. The van der Waals surface area contributed by atoms with Crippen LogP contribution < -0.4 is 12.4 Å². The minimum atomic E-state index is -0.349. The van der Waals surface area contributed by atoms with E-state index >= 15 is 0 Å². The molecule has 0 aromatic carbocycles. The minimum Gasteiger partial charge on any atom is -1.00 e. The Kier molecular flexibility index (Phi) is 28.6. The number of aliphatic hydroxyl groups excluding tert-OH is 1. The smallest absolute Gasteiger partial charge is 0.249 e. The predicted octanol–water partition coefficient (Wildman–Crippen LogP) is 7.40. The molecule has 0 aromatic heterocycles. The van der Waals surface area contributed by atoms with E-state index in [0.29, 0.717) is 0 Å². The number of aliphatic hydroxyl groups is 1. The maximum absolute atomic E-state index is 10.3. The minimum absolute atomic E-state index is 0. The molecule has 0 radical (unpaired) electrons. The lowest BCUT2D eigenvalue weighted by Crippen LogP contribution is -3.00. The third-order valence-corrected chi connectivity index (χ3v) is 8.45. The molecular formula is C35H69ClN2O. The second-order valence-corrected chi connectivity index (χ2v) is 12.1. The second kappa shape index (κ2) is 29.0. The first-order chi connectivity index (χ1) is 18.7. The topological polar surface area (TPSA) is 26.5 Å². The van der Waals surface area contributed by atoms with Crippen LogP contribution in [-0.4, -0.2) is 46.3 Å². The summed E-state index contributed by atoms with van der Waals surface area (Å²) in [6.45, 7) is 9.79. The standard InChI is InChI=1S/C35H69N2O.ClH/c1-4-6-8-10-12-14-16-17-18-19-20-21-23-25-27-29-31-36-32-33-37(34(3)38)35(36)30-28-26-24-22-15-13-11-9-7-5-2;/h17-18,34,38H,4-16,19-33H2,1-3H3;1H/q+1;/p-1/b18-17-;. The molecule has 0 bridgehead atoms. The number of amidine groups is 1. The molecule has 0 aromatic rings. The molecule has 0 aliphatic carbocycles. The average molecular weight is 569 g/mol. The van der Waals surface area contributed by atoms with E-state index < -0.39 is 0 Å². The molecule has 0 saturated heterocycles. The van der Waals surface area contributed by atoms with E-state index in [0.717, 1.165) is 19.5 Å². The van der Waals surface area contributed by atoms with E-state index in [4.69, 9.17) is 0 Å². The third kappa shape index (κ3) is 21.8. The van der Waals surface area contributed by atoms with Crippen LogP contribution in [0.4, 0.5) is 0 Å². The maximum atomic E-state index is 10.3. The molecule has 1 atom stereocenters. The van der Waals surface area contributed by atoms with Crippen molar-refractivity contribution in [2.45, 2.75) is 188 Å². The summed E-state index contributed by atoms with van der Waals surface area (Å²) in [5.74, 6) is 1.42. The number of allylic oxidation sites excluding steroid dienone is 2. The molecular weight excluding hydrogens is 500 g/mol. The Morgan fingerprint density at radius 2 is 1.05 bits per heavy atom. The average Bonchev–Trinajstić information content (AvgIpc) is 3.32. The zero-order chi connectivity index (χ0) is 27.5. The van der Waals surface area contributed by atoms with E-state index in [9.17, 15) is 5.11 Å². The lowest BCUT2D eigenvalue weighted by molar-refractivity contribution is -0.519. The molecule has 1 aliphatic rings. The summed E-state index contributed by atoms with van der Waals surface area (Å²) < 4.78 is 2.59. The number of hydrogen-bond donors (Lipinski definition) is 1. The van der Waals surface area contributed by atoms with Gasteiger partial charge in [-0.2, -0.15) is 0 Å². The van der Waals surface area contributed by atoms with Crippen LogP contribution in [0.5, 0.6) is 0 Å². The van der Waals surface area contributed by atoms with Crippen molar-refractivity contribution in [1.29, 1.82) is 0 Å². The number of unbranched alkanes of at least 4 members (excludes halogenated alkanes) is 21. The fraction of sp³-hybridized carbons (Fsp3) is 0.914. The third-order valence-electron chi connectivity index (χ3n) is 8.45. The van der Waals surface area contributed by atoms with Gasteiger partial charge in [0.05, 0.1) is 6.54 Å². The van der Waals surface area contributed by atoms with Crippen molar-refractivity contribution in [2.24, 2.45) is 0 Å². The summed E-state index contributed by atoms with van der Waals surface area (Å²) in [6, 6.07) is 0. The molecule has 1 N–H and O–H groups in total. The fourth-order valence-corrected chi connectivity index (χ4v) is 5.93. The summed E-state index contributed by atoms with van der Waals surface area (Å²) in [5.41, 5.74) is 0. The molecule has 4 heteroatoms. The van der Waals surface area contributed by atoms with E-state index in [1.54, 1.807) is 0 Å². The van der Waals surface area contributed by atoms with Crippen LogP contribution in [0.3, 0.4) is 0 Å². The Hall–Kier alpha value is -0.540. The van der Waals surface area contributed by atoms with Gasteiger partial charge in [0.15, 0.2) is 6.23 Å². The van der Waals surface area contributed by atoms with Gasteiger partial charge in [0, 0.05) is 13.3 Å². The van der Waals surface area contributed by atoms with Crippen molar-refractivity contribution in [3.63, 3.8) is 0 Å². The quantitative estimate of drug-likeness (QED) is 0.0604. The monoisotopic (exact) mass is 569 g/mol. The highest BCUT2D eigenvalue weighted by Crippen LogP contribution is 2.16. The first kappa shape index (κ1) is 38.5. The molecule has 232 valence electrons. The molecule has 1 aliphatic heterocycles. The maximum Gasteiger partial charge on any atom is 0.249 e. The molecule has 39 heavy (non-hydrogen) atoms. The Labute approximate surface area is 251 Å². The molecule has 1 heterocycles. The van der Waals surface area contributed by atoms with Crippen LogP contribution in [0.2, 0.25) is 0 Å². The largest absolute Gasteiger partial charge is 1.00 e. The van der Waals surface area contributed by atoms with Gasteiger partial charge in [0.2, 0.25) is 5.84 Å². The van der Waals surface area contributed by atoms with Crippen molar-refractivity contribution >= 4 is 5.84 Å². The van der Waals surface area contributed by atoms with Gasteiger partial charge in [-0.25, -0.2) is 4.90 Å². The zero-order valence-electron chi connectivity index (χ0n) is 26.8. The number of rotatable bonds is 28. The fourth-order valence-electron chi connectivity index (χ4n) is 5.93. The highest BCUT2D eigenvalue weighted by molar-refractivity contribution is 5.78. The molecule has 0 spiro atoms. The molecule has 0 saturated carbocycles. The molecule has 1 rings (SSSR count). The van der Waals surface area contributed by atoms with Crippen molar-refractivity contribution in [3.05, 3.63) is 12.2 Å². The molecule has 3 nitrogen and oxygen atoms in total. The highest BCUT2D eigenvalue weighted by Gasteiger charge is 2.32. The molecule has 0 amide bonds. The van der Waals surface area contributed by atoms with Gasteiger partial charge in [0.1, 0.15) is 13.1 Å². The summed E-state index contributed by atoms with van der Waals surface area (Å²) >= 11 is 0. The van der Waals surface area contributed by atoms with Crippen LogP contribution in [0.25, 0.3) is 0 Å². The number of hydrogen-bond acceptors (Lipinski definition) is 2. The summed E-state index contributed by atoms with van der Waals surface area (Å²) in [4.78, 5) is 2.26. The number of halogens is 1. The first-order valence-electron chi connectivity index (χ1n) is 17.4. The predicted molar refractivity (Wildman–Crippen MR) is 169 cm³/mol. The lowest BCUT2D eigenvalue weighted by Gasteiger charge is -2.16. The van der Waals surface area contributed by atoms with E-state index in [1.807, 2.05) is 6.92 Å². The summed E-state index contributed by atoms with van der Waals surface area (Å²) in [7, 11) is 0. The Morgan fingerprint density at radius 3 is 1.51 bits per heavy atom. The molecule has 0 fully saturated rings. The lowest BCUT2D eigenvalue weighted by atomic mass is 10.1. The summed E-state index contributed by atoms with van der Waals surface area (Å²) in [6.07, 6.45) is 38.6. The zero-order valence-corrected chi connectivity index (χ0v) is 27.5. The van der Waals surface area contributed by atoms with E-state index in [1.165, 1.54) is 166 Å². The highest BCUT2D eigenvalue weighted by atomic mass is 35.5. The second-order valence-electron chi connectivity index (χ2n) is 12.1. The van der Waals surface area contributed by atoms with Gasteiger partial charge in [-0.3, -0.25) is 4.58 Å². The van der Waals surface area contributed by atoms with E-state index in [-0.39, 0.29) is 18.6 Å². The van der Waals surface area contributed by atoms with Gasteiger partial charge >= 0.3 is 0 Å². The van der Waals surface area contributed by atoms with Crippen LogP contribution in [0.15, 0.2) is 12.2 Å². The van der Waals surface area contributed by atoms with E-state index in [2.05, 4.69) is 35.5 Å². The van der Waals surface area contributed by atoms with Gasteiger partial charge < -0.3 is 17.5 Å². The Morgan fingerprint density at radius 1 is 0.641 bits per heavy atom. The van der Waals surface area contributed by atoms with Crippen LogP contribution in [-0.2, 0) is 0 Å². The van der Waals surface area contributed by atoms with Gasteiger partial charge in [-0.1, -0.05) is 135 Å². The SMILES string of the molecule is CCCCCCCC/C=C\CCCCCCCC[N+]1=C(CCCCCCCCCCCC)N(C(C)O)CC1.[Cl-]. The molecule has 1 unspecified atom stereocenters. The van der Waals surface area contributed by atoms with Crippen LogP contribution in [0, 0.1) is 0 Å². The normalized spacial score (nSPS) is 14.5. The van der Waals surface area contributed by atoms with Crippen LogP contribution in [0.1, 0.15) is 181 Å². The first-order valence-corrected chi connectivity index (χ1v) is 17.4. The van der Waals surface area contributed by atoms with Crippen molar-refractivity contribution in [1.82, 2.24) is 4.90 Å². The van der Waals surface area contributed by atoms with Crippen molar-refractivity contribution in [3.8, 4) is 0 Å². The van der Waals surface area contributed by atoms with Crippen molar-refractivity contribution in [2.75, 3.05) is 19.6 Å². The van der Waals surface area contributed by atoms with Crippen LogP contribution >= 0.6 is 0 Å². The van der Waals surface area contributed by atoms with Gasteiger partial charge in [-0.15, -0.1) is 0 Å². The van der Waals surface area contributed by atoms with Gasteiger partial charge in [0.25, 0.3) is 0 Å². The van der Waals surface area contributed by atoms with Crippen molar-refractivity contribution < 1.29 is 22.1 Å². The summed E-state index contributed by atoms with van der Waals surface area (Å²) in [5, 5.41) is 10.3.